The van der Waals surface area contributed by atoms with E-state index >= 15 is 0 Å². The molecule has 0 N–H and O–H groups in total. The van der Waals surface area contributed by atoms with Crippen molar-refractivity contribution in [2.75, 3.05) is 0 Å². The fourth-order valence-electron chi connectivity index (χ4n) is 3.32. The van der Waals surface area contributed by atoms with Crippen molar-refractivity contribution in [3.05, 3.63) is 34.7 Å². The summed E-state index contributed by atoms with van der Waals surface area (Å²) in [5.41, 5.74) is 1.17. The maximum absolute atomic E-state index is 5.11. The molecule has 1 aromatic carbocycles. The summed E-state index contributed by atoms with van der Waals surface area (Å²) in [6.07, 6.45) is 0. The molecule has 5 heteroatoms. The van der Waals surface area contributed by atoms with Crippen LogP contribution in [-0.2, 0) is 0 Å². The molecule has 2 rings (SSSR count). The van der Waals surface area contributed by atoms with Crippen LogP contribution >= 0.6 is 8.07 Å². The summed E-state index contributed by atoms with van der Waals surface area (Å²) in [4.78, 5) is 0. The van der Waals surface area contributed by atoms with Crippen molar-refractivity contribution in [1.29, 1.82) is 0 Å². The minimum absolute atomic E-state index is 0.168. The second kappa shape index (κ2) is 6.90. The molecular weight excluding hydrogens is 380 g/mol. The summed E-state index contributed by atoms with van der Waals surface area (Å²) in [7, 11) is -0.516. The van der Waals surface area contributed by atoms with Gasteiger partial charge < -0.3 is 0 Å². The molecule has 0 atom stereocenters. The first-order valence-electron chi connectivity index (χ1n) is 8.52. The molecule has 132 valence electrons. The van der Waals surface area contributed by atoms with Gasteiger partial charge in [0.15, 0.2) is 0 Å². The molecule has 0 bridgehead atoms. The zero-order valence-electron chi connectivity index (χ0n) is 16.2. The number of benzene rings is 1. The topological polar surface area (TPSA) is 22.8 Å². The molecule has 1 aromatic heterocycles. The first-order valence-corrected chi connectivity index (χ1v) is 10.7. The van der Waals surface area contributed by atoms with E-state index in [1.807, 2.05) is 0 Å². The molecule has 0 amide bonds. The van der Waals surface area contributed by atoms with Crippen LogP contribution in [0.4, 0.5) is 0 Å². The molecule has 2 aromatic rings. The predicted molar refractivity (Wildman–Crippen MR) is 107 cm³/mol. The van der Waals surface area contributed by atoms with Gasteiger partial charge in [0.1, 0.15) is 0 Å². The monoisotopic (exact) mass is 411 g/mol. The van der Waals surface area contributed by atoms with Gasteiger partial charge in [-0.3, -0.25) is 0 Å². The van der Waals surface area contributed by atoms with E-state index in [9.17, 15) is 0 Å². The SMILES string of the molecule is CC(C)n1c(-c2ccccc2)nn(P(C(C)(C)C)C(C)(C)C)c1=[Se]. The summed E-state index contributed by atoms with van der Waals surface area (Å²) in [6.45, 7) is 18.4. The Balaban J connectivity index is 2.76. The van der Waals surface area contributed by atoms with Crippen LogP contribution in [0.15, 0.2) is 30.3 Å². The Bertz CT molecular complexity index is 732. The first kappa shape index (κ1) is 19.6. The predicted octanol–water partition coefficient (Wildman–Crippen LogP) is 5.47. The maximum atomic E-state index is 5.11. The van der Waals surface area contributed by atoms with Crippen molar-refractivity contribution >= 4 is 23.6 Å². The number of nitrogens with zero attached hydrogens (tertiary/aromatic N) is 3. The van der Waals surface area contributed by atoms with Crippen molar-refractivity contribution in [3.63, 3.8) is 0 Å². The quantitative estimate of drug-likeness (QED) is 0.486. The number of hydrogen-bond acceptors (Lipinski definition) is 1. The van der Waals surface area contributed by atoms with Crippen LogP contribution in [0.1, 0.15) is 61.4 Å². The third-order valence-corrected chi connectivity index (χ3v) is 8.08. The van der Waals surface area contributed by atoms with Crippen LogP contribution in [0.2, 0.25) is 0 Å². The minimum atomic E-state index is -0.516. The van der Waals surface area contributed by atoms with Crippen molar-refractivity contribution in [2.45, 2.75) is 71.7 Å². The Kier molecular flexibility index (Phi) is 5.65. The van der Waals surface area contributed by atoms with Gasteiger partial charge in [-0.1, -0.05) is 0 Å². The summed E-state index contributed by atoms with van der Waals surface area (Å²) < 4.78 is 5.72. The van der Waals surface area contributed by atoms with Gasteiger partial charge in [-0.2, -0.15) is 0 Å². The molecule has 0 radical (unpaired) electrons. The van der Waals surface area contributed by atoms with Gasteiger partial charge in [0.2, 0.25) is 0 Å². The molecule has 0 fully saturated rings. The van der Waals surface area contributed by atoms with Gasteiger partial charge in [-0.25, -0.2) is 0 Å². The van der Waals surface area contributed by atoms with Crippen molar-refractivity contribution in [2.24, 2.45) is 0 Å². The molecule has 0 saturated carbocycles. The normalized spacial score (nSPS) is 13.1. The second-order valence-corrected chi connectivity index (χ2v) is 12.9. The average molecular weight is 410 g/mol. The van der Waals surface area contributed by atoms with Crippen molar-refractivity contribution in [3.8, 4) is 11.4 Å². The van der Waals surface area contributed by atoms with E-state index in [2.05, 4.69) is 110 Å². The zero-order chi connectivity index (χ0) is 18.3. The van der Waals surface area contributed by atoms with E-state index in [4.69, 9.17) is 5.10 Å². The molecule has 24 heavy (non-hydrogen) atoms. The molecule has 0 spiro atoms. The van der Waals surface area contributed by atoms with Crippen LogP contribution < -0.4 is 0 Å². The summed E-state index contributed by atoms with van der Waals surface area (Å²) in [5, 5.41) is 5.45. The average Bonchev–Trinajstić information content (AvgIpc) is 2.74. The summed E-state index contributed by atoms with van der Waals surface area (Å²) >= 11 is 3.31. The summed E-state index contributed by atoms with van der Waals surface area (Å²) in [5.74, 6) is 1.04. The molecule has 0 aliphatic rings. The van der Waals surface area contributed by atoms with Gasteiger partial charge >= 0.3 is 156 Å². The Labute approximate surface area is 155 Å². The van der Waals surface area contributed by atoms with Crippen LogP contribution in [0, 0.1) is 4.32 Å². The third kappa shape index (κ3) is 3.93. The molecule has 0 unspecified atom stereocenters. The van der Waals surface area contributed by atoms with Gasteiger partial charge in [-0.05, 0) is 0 Å². The van der Waals surface area contributed by atoms with Crippen molar-refractivity contribution < 1.29 is 0 Å². The van der Waals surface area contributed by atoms with E-state index in [1.54, 1.807) is 0 Å². The Morgan fingerprint density at radius 2 is 1.46 bits per heavy atom. The van der Waals surface area contributed by atoms with Gasteiger partial charge in [-0.15, -0.1) is 0 Å². The number of hydrogen-bond donors (Lipinski definition) is 0. The van der Waals surface area contributed by atoms with Gasteiger partial charge in [0.25, 0.3) is 0 Å². The van der Waals surface area contributed by atoms with Gasteiger partial charge in [0.05, 0.1) is 0 Å². The van der Waals surface area contributed by atoms with Crippen LogP contribution in [0.25, 0.3) is 11.4 Å². The summed E-state index contributed by atoms with van der Waals surface area (Å²) in [6, 6.07) is 10.8. The molecule has 1 heterocycles. The Morgan fingerprint density at radius 1 is 0.958 bits per heavy atom. The number of rotatable bonds is 3. The molecule has 0 aliphatic carbocycles. The molecule has 0 saturated heterocycles. The standard InChI is InChI=1S/C19H30N3PSe/c1-14(2)21-16(15-12-10-9-11-13-15)20-22(17(21)24)23(18(3,4)5)19(6,7)8/h9-14H,1-8H3. The molecular formula is C19H30N3PSe. The van der Waals surface area contributed by atoms with E-state index in [1.165, 1.54) is 5.56 Å². The van der Waals surface area contributed by atoms with E-state index in [0.717, 1.165) is 10.1 Å². The molecule has 3 nitrogen and oxygen atoms in total. The van der Waals surface area contributed by atoms with E-state index < -0.39 is 8.07 Å². The van der Waals surface area contributed by atoms with Crippen molar-refractivity contribution in [1.82, 2.24) is 14.1 Å². The third-order valence-electron chi connectivity index (χ3n) is 3.80. The fourth-order valence-corrected chi connectivity index (χ4v) is 8.14. The van der Waals surface area contributed by atoms with E-state index in [0.29, 0.717) is 6.04 Å². The van der Waals surface area contributed by atoms with Crippen LogP contribution in [0.5, 0.6) is 0 Å². The number of aromatic nitrogens is 3. The van der Waals surface area contributed by atoms with Crippen LogP contribution in [-0.4, -0.2) is 40.0 Å². The first-order chi connectivity index (χ1) is 10.9. The Morgan fingerprint density at radius 3 is 1.88 bits per heavy atom. The van der Waals surface area contributed by atoms with E-state index in [-0.39, 0.29) is 10.3 Å². The van der Waals surface area contributed by atoms with Crippen LogP contribution in [0.3, 0.4) is 0 Å². The second-order valence-electron chi connectivity index (χ2n) is 8.48. The fraction of sp³-hybridized carbons (Fsp3) is 0.579. The van der Waals surface area contributed by atoms with Gasteiger partial charge in [0, 0.05) is 0 Å². The molecule has 0 aliphatic heterocycles. The zero-order valence-corrected chi connectivity index (χ0v) is 18.8. The Hall–Kier alpha value is -0.691.